The first-order valence-corrected chi connectivity index (χ1v) is 9.65. The highest BCUT2D eigenvalue weighted by molar-refractivity contribution is 8.00. The van der Waals surface area contributed by atoms with E-state index in [9.17, 15) is 4.79 Å². The number of thioether (sulfide) groups is 1. The standard InChI is InChI=1S/C18H20N6O2S/c1-13(27-18-21-17-19-7-2-8-24(17)22-18)16(25)20-14-3-5-15(6-4-14)23-9-11-26-12-10-23/h2-8,13H,9-12H2,1H3,(H,20,25). The van der Waals surface area contributed by atoms with E-state index >= 15 is 0 Å². The number of fused-ring (bicyclic) bond motifs is 1. The van der Waals surface area contributed by atoms with Crippen molar-refractivity contribution in [1.29, 1.82) is 0 Å². The van der Waals surface area contributed by atoms with E-state index in [1.165, 1.54) is 11.8 Å². The molecule has 1 saturated heterocycles. The molecule has 3 heterocycles. The van der Waals surface area contributed by atoms with Gasteiger partial charge in [-0.1, -0.05) is 11.8 Å². The molecule has 1 N–H and O–H groups in total. The molecule has 27 heavy (non-hydrogen) atoms. The van der Waals surface area contributed by atoms with Crippen LogP contribution < -0.4 is 10.2 Å². The van der Waals surface area contributed by atoms with E-state index in [-0.39, 0.29) is 11.2 Å². The Morgan fingerprint density at radius 2 is 2.04 bits per heavy atom. The monoisotopic (exact) mass is 384 g/mol. The minimum atomic E-state index is -0.332. The van der Waals surface area contributed by atoms with E-state index in [1.807, 2.05) is 31.2 Å². The highest BCUT2D eigenvalue weighted by Gasteiger charge is 2.18. The van der Waals surface area contributed by atoms with Crippen molar-refractivity contribution in [3.05, 3.63) is 42.7 Å². The lowest BCUT2D eigenvalue weighted by Gasteiger charge is -2.28. The first-order chi connectivity index (χ1) is 13.2. The van der Waals surface area contributed by atoms with Gasteiger partial charge in [-0.2, -0.15) is 4.98 Å². The van der Waals surface area contributed by atoms with Gasteiger partial charge >= 0.3 is 0 Å². The summed E-state index contributed by atoms with van der Waals surface area (Å²) in [5, 5.41) is 7.46. The number of morpholine rings is 1. The fourth-order valence-corrected chi connectivity index (χ4v) is 3.55. The van der Waals surface area contributed by atoms with E-state index in [1.54, 1.807) is 23.0 Å². The summed E-state index contributed by atoms with van der Waals surface area (Å²) in [5.41, 5.74) is 1.91. The largest absolute Gasteiger partial charge is 0.378 e. The number of ether oxygens (including phenoxy) is 1. The molecule has 2 aromatic heterocycles. The van der Waals surface area contributed by atoms with Gasteiger partial charge < -0.3 is 15.0 Å². The predicted octanol–water partition coefficient (Wildman–Crippen LogP) is 2.08. The molecule has 0 spiro atoms. The normalized spacial score (nSPS) is 15.7. The lowest BCUT2D eigenvalue weighted by Crippen LogP contribution is -2.36. The molecule has 140 valence electrons. The number of aromatic nitrogens is 4. The fraction of sp³-hybridized carbons (Fsp3) is 0.333. The van der Waals surface area contributed by atoms with Crippen LogP contribution in [0.4, 0.5) is 11.4 Å². The molecule has 1 aromatic carbocycles. The molecule has 8 nitrogen and oxygen atoms in total. The van der Waals surface area contributed by atoms with Crippen molar-refractivity contribution >= 4 is 34.8 Å². The third-order valence-corrected chi connectivity index (χ3v) is 5.21. The minimum Gasteiger partial charge on any atom is -0.378 e. The van der Waals surface area contributed by atoms with Crippen molar-refractivity contribution < 1.29 is 9.53 Å². The Hall–Kier alpha value is -2.65. The topological polar surface area (TPSA) is 84.6 Å². The number of hydrogen-bond donors (Lipinski definition) is 1. The molecule has 0 radical (unpaired) electrons. The van der Waals surface area contributed by atoms with Gasteiger partial charge in [0, 0.05) is 36.9 Å². The second-order valence-corrected chi connectivity index (χ2v) is 7.46. The molecule has 1 fully saturated rings. The van der Waals surface area contributed by atoms with Crippen LogP contribution in [0.25, 0.3) is 5.78 Å². The summed E-state index contributed by atoms with van der Waals surface area (Å²) in [5.74, 6) is 0.428. The van der Waals surface area contributed by atoms with Crippen molar-refractivity contribution in [1.82, 2.24) is 19.6 Å². The number of nitrogens with zero attached hydrogens (tertiary/aromatic N) is 5. The van der Waals surface area contributed by atoms with Crippen molar-refractivity contribution in [2.24, 2.45) is 0 Å². The molecule has 3 aromatic rings. The van der Waals surface area contributed by atoms with Gasteiger partial charge in [0.1, 0.15) is 0 Å². The van der Waals surface area contributed by atoms with Crippen molar-refractivity contribution in [3.8, 4) is 0 Å². The van der Waals surface area contributed by atoms with Crippen LogP contribution in [-0.4, -0.2) is 57.0 Å². The van der Waals surface area contributed by atoms with Crippen LogP contribution in [-0.2, 0) is 9.53 Å². The van der Waals surface area contributed by atoms with Gasteiger partial charge in [-0.15, -0.1) is 5.10 Å². The predicted molar refractivity (Wildman–Crippen MR) is 104 cm³/mol. The SMILES string of the molecule is CC(Sc1nc2ncccn2n1)C(=O)Nc1ccc(N2CCOCC2)cc1. The van der Waals surface area contributed by atoms with Gasteiger partial charge in [0.05, 0.1) is 18.5 Å². The van der Waals surface area contributed by atoms with E-state index < -0.39 is 0 Å². The Labute approximate surface area is 160 Å². The Kier molecular flexibility index (Phi) is 5.21. The Bertz CT molecular complexity index is 890. The number of amides is 1. The smallest absolute Gasteiger partial charge is 0.253 e. The zero-order chi connectivity index (χ0) is 18.6. The van der Waals surface area contributed by atoms with Crippen LogP contribution in [0.5, 0.6) is 0 Å². The maximum Gasteiger partial charge on any atom is 0.253 e. The van der Waals surface area contributed by atoms with Gasteiger partial charge in [0.15, 0.2) is 0 Å². The number of anilines is 2. The van der Waals surface area contributed by atoms with Crippen LogP contribution in [0.2, 0.25) is 0 Å². The summed E-state index contributed by atoms with van der Waals surface area (Å²) >= 11 is 1.31. The van der Waals surface area contributed by atoms with Crippen molar-refractivity contribution in [3.63, 3.8) is 0 Å². The second-order valence-electron chi connectivity index (χ2n) is 6.15. The molecule has 0 aliphatic carbocycles. The van der Waals surface area contributed by atoms with Crippen LogP contribution in [0.15, 0.2) is 47.9 Å². The molecule has 1 atom stereocenters. The number of nitrogens with one attached hydrogen (secondary N) is 1. The highest BCUT2D eigenvalue weighted by atomic mass is 32.2. The van der Waals surface area contributed by atoms with Crippen LogP contribution >= 0.6 is 11.8 Å². The first kappa shape index (κ1) is 17.7. The first-order valence-electron chi connectivity index (χ1n) is 8.77. The summed E-state index contributed by atoms with van der Waals surface area (Å²) < 4.78 is 6.97. The van der Waals surface area contributed by atoms with Crippen molar-refractivity contribution in [2.45, 2.75) is 17.3 Å². The van der Waals surface area contributed by atoms with Crippen LogP contribution in [0, 0.1) is 0 Å². The second kappa shape index (κ2) is 7.93. The molecular formula is C18H20N6O2S. The summed E-state index contributed by atoms with van der Waals surface area (Å²) in [6.07, 6.45) is 3.44. The molecule has 1 aliphatic heterocycles. The molecule has 1 aliphatic rings. The van der Waals surface area contributed by atoms with Gasteiger partial charge in [0.2, 0.25) is 11.1 Å². The van der Waals surface area contributed by atoms with Gasteiger partial charge in [-0.3, -0.25) is 4.79 Å². The average molecular weight is 384 g/mol. The molecular weight excluding hydrogens is 364 g/mol. The van der Waals surface area contributed by atoms with E-state index in [0.717, 1.165) is 37.7 Å². The minimum absolute atomic E-state index is 0.0917. The molecule has 0 bridgehead atoms. The number of carbonyl (C=O) groups is 1. The number of rotatable bonds is 5. The molecule has 0 saturated carbocycles. The zero-order valence-corrected chi connectivity index (χ0v) is 15.7. The molecule has 1 unspecified atom stereocenters. The number of benzene rings is 1. The third-order valence-electron chi connectivity index (χ3n) is 4.26. The van der Waals surface area contributed by atoms with E-state index in [2.05, 4.69) is 25.3 Å². The zero-order valence-electron chi connectivity index (χ0n) is 14.9. The summed E-state index contributed by atoms with van der Waals surface area (Å²) in [6.45, 7) is 5.11. The van der Waals surface area contributed by atoms with E-state index in [4.69, 9.17) is 4.74 Å². The summed E-state index contributed by atoms with van der Waals surface area (Å²) in [4.78, 5) is 23.2. The number of hydrogen-bond acceptors (Lipinski definition) is 7. The maximum atomic E-state index is 12.5. The lowest BCUT2D eigenvalue weighted by atomic mass is 10.2. The Morgan fingerprint density at radius 3 is 2.78 bits per heavy atom. The average Bonchev–Trinajstić information content (AvgIpc) is 3.11. The summed E-state index contributed by atoms with van der Waals surface area (Å²) in [6, 6.07) is 9.68. The molecule has 9 heteroatoms. The maximum absolute atomic E-state index is 12.5. The van der Waals surface area contributed by atoms with Gasteiger partial charge in [-0.25, -0.2) is 9.50 Å². The number of carbonyl (C=O) groups excluding carboxylic acids is 1. The molecule has 1 amide bonds. The van der Waals surface area contributed by atoms with E-state index in [0.29, 0.717) is 10.9 Å². The van der Waals surface area contributed by atoms with Crippen LogP contribution in [0.3, 0.4) is 0 Å². The Balaban J connectivity index is 1.36. The third kappa shape index (κ3) is 4.20. The van der Waals surface area contributed by atoms with Crippen LogP contribution in [0.1, 0.15) is 6.92 Å². The summed E-state index contributed by atoms with van der Waals surface area (Å²) in [7, 11) is 0. The Morgan fingerprint density at radius 1 is 1.26 bits per heavy atom. The van der Waals surface area contributed by atoms with Crippen molar-refractivity contribution in [2.75, 3.05) is 36.5 Å². The lowest BCUT2D eigenvalue weighted by molar-refractivity contribution is -0.115. The fourth-order valence-electron chi connectivity index (χ4n) is 2.80. The highest BCUT2D eigenvalue weighted by Crippen LogP contribution is 2.23. The quantitative estimate of drug-likeness (QED) is 0.674. The molecule has 4 rings (SSSR count). The van der Waals surface area contributed by atoms with Gasteiger partial charge in [-0.05, 0) is 37.3 Å². The van der Waals surface area contributed by atoms with Gasteiger partial charge in [0.25, 0.3) is 5.78 Å².